The molecule has 0 aromatic rings. The number of likely N-dealkylation sites (tertiary alicyclic amines) is 1. The summed E-state index contributed by atoms with van der Waals surface area (Å²) in [5.41, 5.74) is -1.45. The average molecular weight is 707 g/mol. The number of carboxylic acid groups (broad SMARTS) is 1. The van der Waals surface area contributed by atoms with Gasteiger partial charge in [0.05, 0.1) is 17.6 Å². The van der Waals surface area contributed by atoms with Crippen molar-refractivity contribution in [1.82, 2.24) is 20.0 Å². The summed E-state index contributed by atoms with van der Waals surface area (Å²) in [6.45, 7) is 18.1. The lowest BCUT2D eigenvalue weighted by Crippen LogP contribution is -2.65. The molecule has 3 aliphatic heterocycles. The Kier molecular flexibility index (Phi) is 10.3. The molecule has 0 amide bonds. The van der Waals surface area contributed by atoms with Gasteiger partial charge in [-0.1, -0.05) is 70.9 Å². The summed E-state index contributed by atoms with van der Waals surface area (Å²) < 4.78 is 7.43. The first kappa shape index (κ1) is 36.6. The fraction of sp³-hybridized carbons (Fsp3) is 0.907. The molecule has 0 aromatic heterocycles. The number of nitrogens with zero attached hydrogens (tertiary/aromatic N) is 3. The molecule has 8 heteroatoms. The summed E-state index contributed by atoms with van der Waals surface area (Å²) in [5.74, 6) is 2.56. The van der Waals surface area contributed by atoms with Crippen LogP contribution in [0.25, 0.3) is 0 Å². The van der Waals surface area contributed by atoms with Gasteiger partial charge in [0, 0.05) is 57.8 Å². The van der Waals surface area contributed by atoms with E-state index in [4.69, 9.17) is 4.74 Å². The summed E-state index contributed by atoms with van der Waals surface area (Å²) in [6.07, 6.45) is 17.4. The molecule has 10 atom stereocenters. The molecule has 8 rings (SSSR count). The molecule has 51 heavy (non-hydrogen) atoms. The zero-order chi connectivity index (χ0) is 35.5. The lowest BCUT2D eigenvalue weighted by Gasteiger charge is -2.60. The monoisotopic (exact) mass is 707 g/mol. The van der Waals surface area contributed by atoms with E-state index in [9.17, 15) is 14.7 Å². The molecule has 4 saturated carbocycles. The number of aldehydes is 1. The Morgan fingerprint density at radius 2 is 1.71 bits per heavy atom. The number of allylic oxidation sites excluding steroid dienone is 1. The number of fused-ring (bicyclic) bond motifs is 2. The molecule has 0 spiro atoms. The van der Waals surface area contributed by atoms with Crippen molar-refractivity contribution in [1.29, 1.82) is 0 Å². The second-order valence-corrected chi connectivity index (χ2v) is 19.4. The molecule has 0 radical (unpaired) electrons. The minimum absolute atomic E-state index is 0.102. The number of hydrogen-bond acceptors (Lipinski definition) is 7. The van der Waals surface area contributed by atoms with Gasteiger partial charge in [-0.05, 0) is 106 Å². The van der Waals surface area contributed by atoms with Crippen LogP contribution in [-0.2, 0) is 14.3 Å². The molecule has 7 fully saturated rings. The van der Waals surface area contributed by atoms with Gasteiger partial charge in [0.25, 0.3) is 0 Å². The van der Waals surface area contributed by atoms with Crippen LogP contribution in [0.1, 0.15) is 97.8 Å². The highest BCUT2D eigenvalue weighted by atomic mass is 16.5. The topological polar surface area (TPSA) is 85.4 Å². The van der Waals surface area contributed by atoms with Crippen LogP contribution in [0.2, 0.25) is 0 Å². The number of ether oxygens (including phenoxy) is 1. The first-order valence-electron chi connectivity index (χ1n) is 21.6. The summed E-state index contributed by atoms with van der Waals surface area (Å²) in [6, 6.07) is 0. The number of rotatable bonds is 12. The van der Waals surface area contributed by atoms with Gasteiger partial charge in [-0.15, -0.1) is 0 Å². The molecule has 3 unspecified atom stereocenters. The molecule has 3 saturated heterocycles. The van der Waals surface area contributed by atoms with Gasteiger partial charge in [0.1, 0.15) is 11.7 Å². The van der Waals surface area contributed by atoms with Crippen LogP contribution in [-0.4, -0.2) is 117 Å². The van der Waals surface area contributed by atoms with Crippen LogP contribution in [0.4, 0.5) is 0 Å². The highest BCUT2D eigenvalue weighted by molar-refractivity contribution is 5.90. The Labute approximate surface area is 308 Å². The van der Waals surface area contributed by atoms with E-state index in [2.05, 4.69) is 53.9 Å². The summed E-state index contributed by atoms with van der Waals surface area (Å²) >= 11 is 0. The molecular weight excluding hydrogens is 636 g/mol. The molecule has 8 nitrogen and oxygen atoms in total. The third-order valence-electron chi connectivity index (χ3n) is 16.9. The van der Waals surface area contributed by atoms with Crippen LogP contribution in [0.15, 0.2) is 11.6 Å². The van der Waals surface area contributed by atoms with Crippen molar-refractivity contribution < 1.29 is 19.4 Å². The van der Waals surface area contributed by atoms with E-state index >= 15 is 0 Å². The van der Waals surface area contributed by atoms with E-state index < -0.39 is 22.2 Å². The number of piperazine rings is 1. The second-order valence-electron chi connectivity index (χ2n) is 19.4. The van der Waals surface area contributed by atoms with Gasteiger partial charge >= 0.3 is 5.97 Å². The van der Waals surface area contributed by atoms with Crippen LogP contribution in [0, 0.1) is 63.6 Å². The van der Waals surface area contributed by atoms with E-state index in [0.717, 1.165) is 69.9 Å². The number of carbonyl (C=O) groups is 2. The van der Waals surface area contributed by atoms with Crippen LogP contribution >= 0.6 is 0 Å². The SMILES string of the molecule is CC(C)C1=CC2CC3(C=O)[C@@H]4CC[C@@H](C)[C@H]4CC2([C@H]2C[C@@H](C4CCCCC4)[C@H](CNCCN4CCN(CC5CCN(C)CC5)CC4)O2)[C@]13C(=O)O. The normalized spacial score (nSPS) is 43.9. The lowest BCUT2D eigenvalue weighted by atomic mass is 9.41. The number of piperidine rings is 1. The van der Waals surface area contributed by atoms with Crippen molar-refractivity contribution >= 4 is 12.3 Å². The van der Waals surface area contributed by atoms with E-state index in [-0.39, 0.29) is 30.0 Å². The zero-order valence-electron chi connectivity index (χ0n) is 32.5. The molecule has 0 aromatic carbocycles. The Balaban J connectivity index is 0.973. The smallest absolute Gasteiger partial charge is 0.315 e. The zero-order valence-corrected chi connectivity index (χ0v) is 32.5. The predicted molar refractivity (Wildman–Crippen MR) is 201 cm³/mol. The maximum atomic E-state index is 14.2. The number of carboxylic acids is 1. The highest BCUT2D eigenvalue weighted by Crippen LogP contribution is 2.84. The third-order valence-corrected chi connectivity index (χ3v) is 16.9. The maximum Gasteiger partial charge on any atom is 0.315 e. The second kappa shape index (κ2) is 14.4. The first-order chi connectivity index (χ1) is 24.6. The van der Waals surface area contributed by atoms with Gasteiger partial charge < -0.3 is 29.8 Å². The van der Waals surface area contributed by atoms with Gasteiger partial charge in [-0.25, -0.2) is 0 Å². The van der Waals surface area contributed by atoms with E-state index in [1.165, 1.54) is 84.0 Å². The maximum absolute atomic E-state index is 14.2. The third kappa shape index (κ3) is 5.76. The van der Waals surface area contributed by atoms with E-state index in [1.807, 2.05) is 0 Å². The van der Waals surface area contributed by atoms with Gasteiger partial charge in [0.2, 0.25) is 0 Å². The van der Waals surface area contributed by atoms with Crippen molar-refractivity contribution in [3.63, 3.8) is 0 Å². The van der Waals surface area contributed by atoms with Crippen LogP contribution in [0.3, 0.4) is 0 Å². The molecule has 3 heterocycles. The van der Waals surface area contributed by atoms with Crippen LogP contribution < -0.4 is 5.32 Å². The van der Waals surface area contributed by atoms with E-state index in [0.29, 0.717) is 30.1 Å². The Morgan fingerprint density at radius 3 is 2.39 bits per heavy atom. The Morgan fingerprint density at radius 1 is 0.980 bits per heavy atom. The molecular formula is C43H70N4O4. The number of aliphatic carboxylic acids is 1. The minimum Gasteiger partial charge on any atom is -0.481 e. The molecule has 286 valence electrons. The molecule has 4 bridgehead atoms. The molecule has 2 N–H and O–H groups in total. The lowest BCUT2D eigenvalue weighted by molar-refractivity contribution is -0.197. The van der Waals surface area contributed by atoms with Crippen molar-refractivity contribution in [2.75, 3.05) is 72.5 Å². The summed E-state index contributed by atoms with van der Waals surface area (Å²) in [4.78, 5) is 35.7. The van der Waals surface area contributed by atoms with Crippen molar-refractivity contribution in [2.24, 2.45) is 63.6 Å². The Bertz CT molecular complexity index is 1300. The van der Waals surface area contributed by atoms with Crippen LogP contribution in [0.5, 0.6) is 0 Å². The summed E-state index contributed by atoms with van der Waals surface area (Å²) in [7, 11) is 2.25. The van der Waals surface area contributed by atoms with Crippen molar-refractivity contribution in [3.05, 3.63) is 11.6 Å². The fourth-order valence-electron chi connectivity index (χ4n) is 14.5. The van der Waals surface area contributed by atoms with Gasteiger partial charge in [-0.2, -0.15) is 0 Å². The number of carbonyl (C=O) groups excluding carboxylic acids is 1. The number of nitrogens with one attached hydrogen (secondary N) is 1. The Hall–Kier alpha value is -1.32. The minimum atomic E-state index is -1.15. The van der Waals surface area contributed by atoms with Gasteiger partial charge in [0.15, 0.2) is 0 Å². The standard InChI is InChI=1S/C43H70N4O4/c1-29(2)37-22-33-24-41(28-48)36-11-10-30(3)35(36)25-42(33,43(37,41)40(49)50)39-23-34(32-8-6-5-7-9-32)38(51-39)26-44-14-17-46-18-20-47(21-19-46)27-31-12-15-45(4)16-13-31/h22,28-36,38-39,44H,5-21,23-27H2,1-4H3,(H,49,50)/t30-,33?,34+,35-,36-,38+,39-,41?,42?,43+/m1/s1. The molecule has 5 aliphatic carbocycles. The predicted octanol–water partition coefficient (Wildman–Crippen LogP) is 5.81. The fourth-order valence-corrected chi connectivity index (χ4v) is 14.5. The number of hydrogen-bond donors (Lipinski definition) is 2. The first-order valence-corrected chi connectivity index (χ1v) is 21.6. The highest BCUT2D eigenvalue weighted by Gasteiger charge is 2.86. The average Bonchev–Trinajstić information content (AvgIpc) is 3.86. The quantitative estimate of drug-likeness (QED) is 0.150. The summed E-state index contributed by atoms with van der Waals surface area (Å²) in [5, 5.41) is 15.5. The van der Waals surface area contributed by atoms with E-state index in [1.54, 1.807) is 0 Å². The van der Waals surface area contributed by atoms with Crippen molar-refractivity contribution in [3.8, 4) is 0 Å². The largest absolute Gasteiger partial charge is 0.481 e. The van der Waals surface area contributed by atoms with Gasteiger partial charge in [-0.3, -0.25) is 9.69 Å². The molecule has 8 aliphatic rings. The van der Waals surface area contributed by atoms with Crippen molar-refractivity contribution in [2.45, 2.75) is 110 Å².